The fourth-order valence-corrected chi connectivity index (χ4v) is 1.79. The monoisotopic (exact) mass is 217 g/mol. The molecule has 0 aromatic heterocycles. The highest BCUT2D eigenvalue weighted by Crippen LogP contribution is 2.13. The molecule has 0 bridgehead atoms. The predicted octanol–water partition coefficient (Wildman–Crippen LogP) is 1.52. The molecule has 0 unspecified atom stereocenters. The number of carbonyl (C=O) groups excluding carboxylic acids is 1. The van der Waals surface area contributed by atoms with Crippen molar-refractivity contribution in [3.63, 3.8) is 0 Å². The predicted molar refractivity (Wildman–Crippen MR) is 61.5 cm³/mol. The van der Waals surface area contributed by atoms with E-state index < -0.39 is 0 Å². The molecule has 0 amide bonds. The molecule has 2 rings (SSSR count). The number of ketones is 1. The van der Waals surface area contributed by atoms with Crippen LogP contribution in [0.1, 0.15) is 24.0 Å². The van der Waals surface area contributed by atoms with Crippen LogP contribution in [0.15, 0.2) is 36.0 Å². The molecular weight excluding hydrogens is 202 g/mol. The van der Waals surface area contributed by atoms with Gasteiger partial charge in [0.15, 0.2) is 5.78 Å². The first kappa shape index (κ1) is 10.9. The molecule has 1 aromatic carbocycles. The number of hydrogen-bond donors (Lipinski definition) is 2. The zero-order chi connectivity index (χ0) is 11.4. The first-order valence-corrected chi connectivity index (χ1v) is 5.44. The van der Waals surface area contributed by atoms with Crippen LogP contribution in [0.3, 0.4) is 0 Å². The Labute approximate surface area is 94.8 Å². The van der Waals surface area contributed by atoms with Gasteiger partial charge < -0.3 is 10.4 Å². The van der Waals surface area contributed by atoms with Crippen molar-refractivity contribution >= 4 is 5.78 Å². The van der Waals surface area contributed by atoms with Crippen LogP contribution in [-0.4, -0.2) is 10.9 Å². The fourth-order valence-electron chi connectivity index (χ4n) is 1.79. The van der Waals surface area contributed by atoms with E-state index in [1.807, 2.05) is 24.3 Å². The summed E-state index contributed by atoms with van der Waals surface area (Å²) in [6.07, 6.45) is 3.12. The van der Waals surface area contributed by atoms with Crippen molar-refractivity contribution in [3.8, 4) is 0 Å². The summed E-state index contributed by atoms with van der Waals surface area (Å²) in [5.41, 5.74) is 3.04. The van der Waals surface area contributed by atoms with Crippen molar-refractivity contribution in [1.82, 2.24) is 5.32 Å². The lowest BCUT2D eigenvalue weighted by Crippen LogP contribution is -2.11. The first-order valence-electron chi connectivity index (χ1n) is 5.44. The van der Waals surface area contributed by atoms with Gasteiger partial charge in [-0.15, -0.1) is 0 Å². The van der Waals surface area contributed by atoms with E-state index in [1.54, 1.807) is 6.08 Å². The third kappa shape index (κ3) is 2.70. The van der Waals surface area contributed by atoms with Gasteiger partial charge in [-0.05, 0) is 17.5 Å². The van der Waals surface area contributed by atoms with Gasteiger partial charge in [0.1, 0.15) is 0 Å². The second kappa shape index (κ2) is 4.94. The van der Waals surface area contributed by atoms with Gasteiger partial charge in [-0.3, -0.25) is 4.79 Å². The van der Waals surface area contributed by atoms with Gasteiger partial charge >= 0.3 is 0 Å². The van der Waals surface area contributed by atoms with Crippen molar-refractivity contribution in [2.24, 2.45) is 0 Å². The highest BCUT2D eigenvalue weighted by Gasteiger charge is 2.10. The lowest BCUT2D eigenvalue weighted by molar-refractivity contribution is -0.114. The summed E-state index contributed by atoms with van der Waals surface area (Å²) >= 11 is 0. The minimum atomic E-state index is 0.0645. The molecule has 0 saturated carbocycles. The molecule has 84 valence electrons. The molecule has 0 spiro atoms. The molecule has 3 heteroatoms. The van der Waals surface area contributed by atoms with Gasteiger partial charge in [0, 0.05) is 24.7 Å². The van der Waals surface area contributed by atoms with Crippen molar-refractivity contribution in [2.45, 2.75) is 26.0 Å². The van der Waals surface area contributed by atoms with Crippen LogP contribution in [-0.2, 0) is 17.9 Å². The van der Waals surface area contributed by atoms with Crippen molar-refractivity contribution in [2.75, 3.05) is 0 Å². The number of rotatable bonds is 4. The third-order valence-electron chi connectivity index (χ3n) is 2.67. The van der Waals surface area contributed by atoms with Gasteiger partial charge in [-0.25, -0.2) is 0 Å². The lowest BCUT2D eigenvalue weighted by Gasteiger charge is -2.07. The highest BCUT2D eigenvalue weighted by molar-refractivity contribution is 5.92. The molecule has 3 nitrogen and oxygen atoms in total. The Morgan fingerprint density at radius 1 is 1.25 bits per heavy atom. The summed E-state index contributed by atoms with van der Waals surface area (Å²) in [5.74, 6) is 0.201. The summed E-state index contributed by atoms with van der Waals surface area (Å²) in [6, 6.07) is 7.78. The number of nitrogens with one attached hydrogen (secondary N) is 1. The number of allylic oxidation sites excluding steroid dienone is 2. The number of carbonyl (C=O) groups is 1. The van der Waals surface area contributed by atoms with Crippen LogP contribution in [0.5, 0.6) is 0 Å². The maximum absolute atomic E-state index is 11.0. The van der Waals surface area contributed by atoms with Crippen LogP contribution < -0.4 is 5.32 Å². The molecular formula is C13H15NO2. The molecule has 2 N–H and O–H groups in total. The molecule has 0 heterocycles. The van der Waals surface area contributed by atoms with E-state index in [-0.39, 0.29) is 12.4 Å². The molecule has 1 aliphatic rings. The molecule has 0 radical (unpaired) electrons. The maximum atomic E-state index is 11.0. The van der Waals surface area contributed by atoms with E-state index in [0.717, 1.165) is 23.2 Å². The lowest BCUT2D eigenvalue weighted by atomic mass is 10.1. The zero-order valence-electron chi connectivity index (χ0n) is 9.07. The number of aliphatic hydroxyl groups is 1. The van der Waals surface area contributed by atoms with Crippen LogP contribution >= 0.6 is 0 Å². The van der Waals surface area contributed by atoms with E-state index in [9.17, 15) is 4.79 Å². The third-order valence-corrected chi connectivity index (χ3v) is 2.67. The number of aliphatic hydroxyl groups excluding tert-OH is 1. The van der Waals surface area contributed by atoms with E-state index in [4.69, 9.17) is 5.11 Å². The number of benzene rings is 1. The summed E-state index contributed by atoms with van der Waals surface area (Å²) in [5, 5.41) is 12.2. The Kier molecular flexibility index (Phi) is 3.37. The molecule has 1 aromatic rings. The van der Waals surface area contributed by atoms with Crippen LogP contribution in [0.2, 0.25) is 0 Å². The average molecular weight is 217 g/mol. The zero-order valence-corrected chi connectivity index (χ0v) is 9.07. The maximum Gasteiger partial charge on any atom is 0.157 e. The van der Waals surface area contributed by atoms with Gasteiger partial charge in [0.25, 0.3) is 0 Å². The van der Waals surface area contributed by atoms with Crippen LogP contribution in [0.25, 0.3) is 0 Å². The van der Waals surface area contributed by atoms with Gasteiger partial charge in [-0.2, -0.15) is 0 Å². The summed E-state index contributed by atoms with van der Waals surface area (Å²) in [6.45, 7) is 0.766. The molecule has 1 aliphatic carbocycles. The van der Waals surface area contributed by atoms with Crippen molar-refractivity contribution in [1.29, 1.82) is 0 Å². The van der Waals surface area contributed by atoms with Gasteiger partial charge in [-0.1, -0.05) is 24.3 Å². The van der Waals surface area contributed by atoms with Crippen LogP contribution in [0.4, 0.5) is 0 Å². The van der Waals surface area contributed by atoms with Gasteiger partial charge in [0.05, 0.1) is 6.61 Å². The topological polar surface area (TPSA) is 49.3 Å². The summed E-state index contributed by atoms with van der Waals surface area (Å²) in [7, 11) is 0. The van der Waals surface area contributed by atoms with Crippen molar-refractivity contribution < 1.29 is 9.90 Å². The fraction of sp³-hybridized carbons (Fsp3) is 0.308. The second-order valence-corrected chi connectivity index (χ2v) is 3.97. The van der Waals surface area contributed by atoms with Gasteiger partial charge in [0.2, 0.25) is 0 Å². The molecule has 0 atom stereocenters. The Hall–Kier alpha value is -1.61. The van der Waals surface area contributed by atoms with E-state index in [2.05, 4.69) is 5.32 Å². The van der Waals surface area contributed by atoms with Crippen molar-refractivity contribution in [3.05, 3.63) is 47.2 Å². The SMILES string of the molecule is O=C1C=C(NCc2cccc(CO)c2)CC1. The normalized spacial score (nSPS) is 15.1. The minimum Gasteiger partial charge on any atom is -0.392 e. The minimum absolute atomic E-state index is 0.0645. The molecule has 16 heavy (non-hydrogen) atoms. The molecule has 0 saturated heterocycles. The largest absolute Gasteiger partial charge is 0.392 e. The second-order valence-electron chi connectivity index (χ2n) is 3.97. The van der Waals surface area contributed by atoms with E-state index in [1.165, 1.54) is 0 Å². The Balaban J connectivity index is 1.94. The number of hydrogen-bond acceptors (Lipinski definition) is 3. The Morgan fingerprint density at radius 3 is 2.75 bits per heavy atom. The summed E-state index contributed by atoms with van der Waals surface area (Å²) in [4.78, 5) is 11.0. The molecule has 0 fully saturated rings. The first-order chi connectivity index (χ1) is 7.78. The average Bonchev–Trinajstić information content (AvgIpc) is 2.73. The summed E-state index contributed by atoms with van der Waals surface area (Å²) < 4.78 is 0. The van der Waals surface area contributed by atoms with E-state index >= 15 is 0 Å². The molecule has 0 aliphatic heterocycles. The Bertz CT molecular complexity index is 424. The highest BCUT2D eigenvalue weighted by atomic mass is 16.3. The van der Waals surface area contributed by atoms with Crippen LogP contribution in [0, 0.1) is 0 Å². The quantitative estimate of drug-likeness (QED) is 0.803. The Morgan fingerprint density at radius 2 is 2.06 bits per heavy atom. The van der Waals surface area contributed by atoms with E-state index in [0.29, 0.717) is 13.0 Å². The smallest absolute Gasteiger partial charge is 0.157 e. The standard InChI is InChI=1S/C13H15NO2/c15-9-11-3-1-2-10(6-11)8-14-12-4-5-13(16)7-12/h1-3,6-7,14-15H,4-5,8-9H2.